The summed E-state index contributed by atoms with van der Waals surface area (Å²) >= 11 is 0. The lowest BCUT2D eigenvalue weighted by Crippen LogP contribution is -2.67. The van der Waals surface area contributed by atoms with E-state index in [2.05, 4.69) is 74.5 Å². The lowest BCUT2D eigenvalue weighted by molar-refractivity contribution is -0.150. The molecule has 2 N–H and O–H groups in total. The Morgan fingerprint density at radius 2 is 1.54 bits per heavy atom. The standard InChI is InChI=1S/C60H73F3N6O8Si/c1-41(73-7)53-47(26-18-30-64-53)54-49(36-59(5,6)40-77-78(58(2,3)4,45-22-14-10-15-23-45)46-24-16-11-17-25-46)48-34-43(28-29-52(48)68(54)39-60(61,62)63)67-32-33-75-44(37-67)35-51(65-57(72)76-38-42-20-12-9-13-21-42)55(70)69-31-19-27-50(66-69)56(71)74-8/h9-18,20-26,28-30,34,41,44,50-51,66H,19,27,31-33,35-40H2,1-8H3,(H,65,72)/t41-,44-,50-,51-/m0/s1. The van der Waals surface area contributed by atoms with Crippen LogP contribution in [-0.4, -0.2) is 112 Å². The Morgan fingerprint density at radius 3 is 2.17 bits per heavy atom. The number of nitrogens with zero attached hydrogens (tertiary/aromatic N) is 4. The van der Waals surface area contributed by atoms with Gasteiger partial charge in [0.15, 0.2) is 0 Å². The maximum Gasteiger partial charge on any atom is 0.408 e. The molecule has 2 amide bonds. The molecule has 2 aromatic heterocycles. The number of esters is 1. The number of aromatic nitrogens is 2. The molecule has 0 aliphatic carbocycles. The molecule has 0 saturated carbocycles. The first-order valence-electron chi connectivity index (χ1n) is 26.7. The topological polar surface area (TPSA) is 146 Å². The van der Waals surface area contributed by atoms with Crippen molar-refractivity contribution in [2.75, 3.05) is 52.0 Å². The number of anilines is 1. The van der Waals surface area contributed by atoms with Gasteiger partial charge in [-0.15, -0.1) is 0 Å². The van der Waals surface area contributed by atoms with Gasteiger partial charge >= 0.3 is 18.2 Å². The molecule has 416 valence electrons. The Hall–Kier alpha value is -6.57. The Morgan fingerprint density at radius 1 is 0.872 bits per heavy atom. The van der Waals surface area contributed by atoms with Gasteiger partial charge in [-0.2, -0.15) is 13.2 Å². The molecule has 4 aromatic carbocycles. The van der Waals surface area contributed by atoms with Crippen LogP contribution in [0.1, 0.15) is 83.7 Å². The van der Waals surface area contributed by atoms with Crippen LogP contribution in [0.3, 0.4) is 0 Å². The minimum absolute atomic E-state index is 0.0247. The average molecular weight is 1090 g/mol. The van der Waals surface area contributed by atoms with Crippen molar-refractivity contribution >= 4 is 53.3 Å². The molecule has 2 aliphatic rings. The number of morpholine rings is 1. The van der Waals surface area contributed by atoms with Crippen LogP contribution in [0.5, 0.6) is 0 Å². The molecule has 0 bridgehead atoms. The van der Waals surface area contributed by atoms with E-state index in [0.29, 0.717) is 59.2 Å². The number of fused-ring (bicyclic) bond motifs is 1. The molecule has 2 saturated heterocycles. The van der Waals surface area contributed by atoms with E-state index in [9.17, 15) is 14.4 Å². The van der Waals surface area contributed by atoms with Gasteiger partial charge in [0.2, 0.25) is 0 Å². The van der Waals surface area contributed by atoms with E-state index in [0.717, 1.165) is 21.6 Å². The van der Waals surface area contributed by atoms with Gasteiger partial charge in [-0.3, -0.25) is 19.6 Å². The van der Waals surface area contributed by atoms with Gasteiger partial charge in [0.05, 0.1) is 37.3 Å². The van der Waals surface area contributed by atoms with Gasteiger partial charge in [-0.1, -0.05) is 126 Å². The van der Waals surface area contributed by atoms with E-state index < -0.39 is 68.7 Å². The van der Waals surface area contributed by atoms with Crippen molar-refractivity contribution in [3.8, 4) is 11.3 Å². The van der Waals surface area contributed by atoms with E-state index in [4.69, 9.17) is 28.4 Å². The number of alkyl halides is 3. The van der Waals surface area contributed by atoms with E-state index in [1.54, 1.807) is 25.4 Å². The largest absolute Gasteiger partial charge is 0.468 e. The molecule has 0 spiro atoms. The fraction of sp³-hybridized carbons (Fsp3) is 0.433. The summed E-state index contributed by atoms with van der Waals surface area (Å²) in [5.41, 5.74) is 6.38. The Balaban J connectivity index is 1.17. The zero-order valence-corrected chi connectivity index (χ0v) is 46.9. The van der Waals surface area contributed by atoms with E-state index in [-0.39, 0.29) is 44.4 Å². The summed E-state index contributed by atoms with van der Waals surface area (Å²) in [5, 5.41) is 6.68. The fourth-order valence-corrected chi connectivity index (χ4v) is 15.8. The monoisotopic (exact) mass is 1090 g/mol. The number of carbonyl (C=O) groups excluding carboxylic acids is 3. The summed E-state index contributed by atoms with van der Waals surface area (Å²) in [7, 11) is -0.202. The highest BCUT2D eigenvalue weighted by atomic mass is 28.4. The SMILES string of the molecule is COC(=O)[C@@H]1CCCN(C(=O)[C@H](C[C@H]2CN(c3ccc4c(c3)c(CC(C)(C)CO[Si](c3ccccc3)(c3ccccc3)C(C)(C)C)c(-c3cccnc3[C@H](C)OC)n4CC(F)(F)F)CCO2)NC(=O)OCc2ccccc2)N1. The molecule has 2 fully saturated rings. The predicted octanol–water partition coefficient (Wildman–Crippen LogP) is 9.68. The number of hydrogen-bond acceptors (Lipinski definition) is 11. The zero-order valence-electron chi connectivity index (χ0n) is 45.9. The van der Waals surface area contributed by atoms with E-state index in [1.165, 1.54) is 16.7 Å². The first-order chi connectivity index (χ1) is 37.2. The maximum atomic E-state index is 15.1. The number of hydrazine groups is 1. The second kappa shape index (κ2) is 24.6. The Kier molecular flexibility index (Phi) is 18.2. The number of pyridine rings is 1. The summed E-state index contributed by atoms with van der Waals surface area (Å²) in [6.45, 7) is 13.0. The molecule has 14 nitrogen and oxygen atoms in total. The van der Waals surface area contributed by atoms with E-state index in [1.807, 2.05) is 91.9 Å². The quantitative estimate of drug-likeness (QED) is 0.0591. The van der Waals surface area contributed by atoms with Crippen LogP contribution in [-0.2, 0) is 52.5 Å². The van der Waals surface area contributed by atoms with Crippen LogP contribution in [0.25, 0.3) is 22.2 Å². The van der Waals surface area contributed by atoms with Crippen LogP contribution in [0.15, 0.2) is 128 Å². The lowest BCUT2D eigenvalue weighted by atomic mass is 9.84. The van der Waals surface area contributed by atoms with Gasteiger partial charge in [0, 0.05) is 68.1 Å². The number of benzene rings is 4. The van der Waals surface area contributed by atoms with Crippen LogP contribution in [0.4, 0.5) is 23.7 Å². The number of hydrogen-bond donors (Lipinski definition) is 2. The van der Waals surface area contributed by atoms with Crippen LogP contribution >= 0.6 is 0 Å². The molecule has 18 heteroatoms. The van der Waals surface area contributed by atoms with Crippen molar-refractivity contribution in [1.82, 2.24) is 25.3 Å². The zero-order chi connectivity index (χ0) is 55.8. The summed E-state index contributed by atoms with van der Waals surface area (Å²) in [4.78, 5) is 47.2. The number of rotatable bonds is 19. The third-order valence-corrected chi connectivity index (χ3v) is 19.8. The van der Waals surface area contributed by atoms with E-state index >= 15 is 13.2 Å². The smallest absolute Gasteiger partial charge is 0.408 e. The molecule has 8 rings (SSSR count). The third kappa shape index (κ3) is 13.3. The number of nitrogens with one attached hydrogen (secondary N) is 2. The average Bonchev–Trinajstić information content (AvgIpc) is 3.83. The number of carbonyl (C=O) groups is 3. The number of amides is 2. The molecule has 4 heterocycles. The maximum absolute atomic E-state index is 15.1. The van der Waals surface area contributed by atoms with Gasteiger partial charge in [0.1, 0.15) is 25.2 Å². The first kappa shape index (κ1) is 57.6. The first-order valence-corrected chi connectivity index (χ1v) is 28.6. The molecule has 0 unspecified atom stereocenters. The highest BCUT2D eigenvalue weighted by Gasteiger charge is 2.51. The van der Waals surface area contributed by atoms with Crippen LogP contribution in [0.2, 0.25) is 5.04 Å². The highest BCUT2D eigenvalue weighted by molar-refractivity contribution is 6.99. The van der Waals surface area contributed by atoms with Gasteiger partial charge in [0.25, 0.3) is 14.2 Å². The van der Waals surface area contributed by atoms with Crippen molar-refractivity contribution in [3.63, 3.8) is 0 Å². The molecule has 6 aromatic rings. The van der Waals surface area contributed by atoms with Gasteiger partial charge in [-0.25, -0.2) is 10.2 Å². The molecule has 0 radical (unpaired) electrons. The molecule has 2 aliphatic heterocycles. The van der Waals surface area contributed by atoms with Crippen LogP contribution in [0, 0.1) is 5.41 Å². The van der Waals surface area contributed by atoms with Crippen molar-refractivity contribution in [2.45, 2.75) is 116 Å². The van der Waals surface area contributed by atoms with Crippen molar-refractivity contribution in [3.05, 3.63) is 144 Å². The van der Waals surface area contributed by atoms with Gasteiger partial charge < -0.3 is 38.2 Å². The number of ether oxygens (including phenoxy) is 4. The number of methoxy groups -OCH3 is 2. The predicted molar refractivity (Wildman–Crippen MR) is 298 cm³/mol. The summed E-state index contributed by atoms with van der Waals surface area (Å²) in [6.07, 6.45) is -3.57. The Labute approximate surface area is 456 Å². The van der Waals surface area contributed by atoms with Crippen molar-refractivity contribution in [1.29, 1.82) is 0 Å². The lowest BCUT2D eigenvalue weighted by Gasteiger charge is -2.44. The third-order valence-electron chi connectivity index (χ3n) is 14.8. The second-order valence-corrected chi connectivity index (χ2v) is 26.4. The number of alkyl carbamates (subject to hydrolysis) is 1. The molecular formula is C60H73F3N6O8Si. The summed E-state index contributed by atoms with van der Waals surface area (Å²) in [5.74, 6) is -0.992. The van der Waals surface area contributed by atoms with Gasteiger partial charge in [-0.05, 0) is 88.5 Å². The number of halogens is 3. The van der Waals surface area contributed by atoms with Crippen LogP contribution < -0.4 is 26.0 Å². The minimum Gasteiger partial charge on any atom is -0.468 e. The minimum atomic E-state index is -4.59. The molecule has 4 atom stereocenters. The van der Waals surface area contributed by atoms with Crippen molar-refractivity contribution in [2.24, 2.45) is 5.41 Å². The highest BCUT2D eigenvalue weighted by Crippen LogP contribution is 2.44. The van der Waals surface area contributed by atoms with Crippen molar-refractivity contribution < 1.29 is 50.9 Å². The normalized spacial score (nSPS) is 17.4. The fourth-order valence-electron chi connectivity index (χ4n) is 11.0. The second-order valence-electron chi connectivity index (χ2n) is 22.1. The molecule has 78 heavy (non-hydrogen) atoms. The summed E-state index contributed by atoms with van der Waals surface area (Å²) in [6, 6.07) is 37.1. The molecular weight excluding hydrogens is 1020 g/mol. The summed E-state index contributed by atoms with van der Waals surface area (Å²) < 4.78 is 76.9. The Bertz CT molecular complexity index is 2950.